The lowest BCUT2D eigenvalue weighted by Gasteiger charge is -2.22. The van der Waals surface area contributed by atoms with Gasteiger partial charge in [-0.25, -0.2) is 0 Å². The van der Waals surface area contributed by atoms with E-state index < -0.39 is 0 Å². The molecule has 4 rings (SSSR count). The maximum Gasteiger partial charge on any atom is 0.119 e. The van der Waals surface area contributed by atoms with E-state index in [4.69, 9.17) is 16.3 Å². The first-order valence-electron chi connectivity index (χ1n) is 9.70. The Morgan fingerprint density at radius 3 is 2.89 bits per heavy atom. The zero-order valence-electron chi connectivity index (χ0n) is 15.6. The Balaban J connectivity index is 1.29. The van der Waals surface area contributed by atoms with Crippen LogP contribution in [0.2, 0.25) is 5.02 Å². The van der Waals surface area contributed by atoms with Crippen molar-refractivity contribution in [2.75, 3.05) is 18.5 Å². The fourth-order valence-corrected chi connectivity index (χ4v) is 4.89. The number of hydrogen-bond acceptors (Lipinski definition) is 3. The maximum atomic E-state index is 6.21. The Labute approximate surface area is 183 Å². The molecule has 28 heavy (non-hydrogen) atoms. The second kappa shape index (κ2) is 9.57. The molecule has 0 fully saturated rings. The molecule has 0 aliphatic heterocycles. The van der Waals surface area contributed by atoms with E-state index in [-0.39, 0.29) is 0 Å². The first-order chi connectivity index (χ1) is 13.7. The molecule has 1 aromatic heterocycles. The van der Waals surface area contributed by atoms with Gasteiger partial charge in [0.25, 0.3) is 0 Å². The normalized spacial score (nSPS) is 16.3. The molecule has 3 aromatic rings. The third kappa shape index (κ3) is 4.88. The van der Waals surface area contributed by atoms with Crippen molar-refractivity contribution in [3.63, 3.8) is 0 Å². The van der Waals surface area contributed by atoms with Gasteiger partial charge in [0.05, 0.1) is 6.61 Å². The van der Waals surface area contributed by atoms with Crippen LogP contribution in [0.4, 0.5) is 0 Å². The SMILES string of the molecule is Clc1ccc2[nH]c3c(c2c1)CC(CNSc1ccc(OCCCBr)cc1)CC3. The van der Waals surface area contributed by atoms with Crippen LogP contribution >= 0.6 is 39.5 Å². The van der Waals surface area contributed by atoms with E-state index in [0.29, 0.717) is 5.92 Å². The van der Waals surface area contributed by atoms with Gasteiger partial charge in [0.2, 0.25) is 0 Å². The lowest BCUT2D eigenvalue weighted by Crippen LogP contribution is -2.23. The van der Waals surface area contributed by atoms with Crippen molar-refractivity contribution < 1.29 is 4.74 Å². The Hall–Kier alpha value is -1.14. The Morgan fingerprint density at radius 2 is 2.07 bits per heavy atom. The molecular formula is C22H24BrClN2OS. The maximum absolute atomic E-state index is 6.21. The van der Waals surface area contributed by atoms with Crippen molar-refractivity contribution in [1.82, 2.24) is 9.71 Å². The zero-order chi connectivity index (χ0) is 19.3. The van der Waals surface area contributed by atoms with Crippen LogP contribution in [0.15, 0.2) is 47.4 Å². The zero-order valence-corrected chi connectivity index (χ0v) is 18.8. The molecule has 6 heteroatoms. The molecular weight excluding hydrogens is 456 g/mol. The highest BCUT2D eigenvalue weighted by Crippen LogP contribution is 2.33. The van der Waals surface area contributed by atoms with Gasteiger partial charge < -0.3 is 9.72 Å². The van der Waals surface area contributed by atoms with Gasteiger partial charge in [-0.05, 0) is 91.6 Å². The van der Waals surface area contributed by atoms with Crippen LogP contribution in [-0.4, -0.2) is 23.5 Å². The standard InChI is InChI=1S/C22H24BrClN2OS/c23-10-1-11-27-17-4-6-18(7-5-17)28-25-14-15-2-8-21-19(12-15)20-13-16(24)3-9-22(20)26-21/h3-7,9,13,15,25-26H,1-2,8,10-12,14H2. The van der Waals surface area contributed by atoms with E-state index >= 15 is 0 Å². The van der Waals surface area contributed by atoms with Crippen LogP contribution in [-0.2, 0) is 12.8 Å². The van der Waals surface area contributed by atoms with Crippen molar-refractivity contribution in [2.45, 2.75) is 30.6 Å². The van der Waals surface area contributed by atoms with Crippen molar-refractivity contribution in [2.24, 2.45) is 5.92 Å². The number of ether oxygens (including phenoxy) is 1. The summed E-state index contributed by atoms with van der Waals surface area (Å²) in [6.07, 6.45) is 4.44. The predicted octanol–water partition coefficient (Wildman–Crippen LogP) is 6.39. The highest BCUT2D eigenvalue weighted by atomic mass is 79.9. The van der Waals surface area contributed by atoms with Gasteiger partial charge >= 0.3 is 0 Å². The molecule has 1 unspecified atom stereocenters. The predicted molar refractivity (Wildman–Crippen MR) is 123 cm³/mol. The molecule has 2 aromatic carbocycles. The van der Waals surface area contributed by atoms with E-state index in [0.717, 1.165) is 48.5 Å². The molecule has 0 saturated carbocycles. The van der Waals surface area contributed by atoms with Gasteiger partial charge in [0.1, 0.15) is 5.75 Å². The summed E-state index contributed by atoms with van der Waals surface area (Å²) in [7, 11) is 0. The molecule has 0 radical (unpaired) electrons. The molecule has 1 aliphatic carbocycles. The lowest BCUT2D eigenvalue weighted by atomic mass is 9.86. The van der Waals surface area contributed by atoms with E-state index in [1.807, 2.05) is 18.2 Å². The van der Waals surface area contributed by atoms with Crippen molar-refractivity contribution in [1.29, 1.82) is 0 Å². The minimum atomic E-state index is 0.643. The molecule has 148 valence electrons. The summed E-state index contributed by atoms with van der Waals surface area (Å²) in [4.78, 5) is 4.78. The number of benzene rings is 2. The second-order valence-electron chi connectivity index (χ2n) is 7.19. The van der Waals surface area contributed by atoms with Gasteiger partial charge in [-0.2, -0.15) is 0 Å². The first kappa shape index (κ1) is 20.1. The molecule has 0 bridgehead atoms. The van der Waals surface area contributed by atoms with E-state index in [1.165, 1.54) is 33.5 Å². The van der Waals surface area contributed by atoms with E-state index in [9.17, 15) is 0 Å². The van der Waals surface area contributed by atoms with Gasteiger partial charge in [-0.3, -0.25) is 4.72 Å². The van der Waals surface area contributed by atoms with E-state index in [2.05, 4.69) is 49.9 Å². The average molecular weight is 480 g/mol. The van der Waals surface area contributed by atoms with Crippen LogP contribution in [0.5, 0.6) is 5.75 Å². The smallest absolute Gasteiger partial charge is 0.119 e. The summed E-state index contributed by atoms with van der Waals surface area (Å²) in [6.45, 7) is 1.75. The number of H-pyrrole nitrogens is 1. The van der Waals surface area contributed by atoms with Crippen LogP contribution in [0.3, 0.4) is 0 Å². The Kier molecular flexibility index (Phi) is 6.89. The molecule has 0 amide bonds. The highest BCUT2D eigenvalue weighted by Gasteiger charge is 2.22. The number of nitrogens with one attached hydrogen (secondary N) is 2. The van der Waals surface area contributed by atoms with Gasteiger partial charge in [-0.15, -0.1) is 0 Å². The largest absolute Gasteiger partial charge is 0.494 e. The second-order valence-corrected chi connectivity index (χ2v) is 9.39. The molecule has 1 atom stereocenters. The van der Waals surface area contributed by atoms with Crippen LogP contribution in [0.25, 0.3) is 10.9 Å². The minimum absolute atomic E-state index is 0.643. The quantitative estimate of drug-likeness (QED) is 0.223. The van der Waals surface area contributed by atoms with Gasteiger partial charge in [0, 0.05) is 38.4 Å². The first-order valence-corrected chi connectivity index (χ1v) is 12.0. The highest BCUT2D eigenvalue weighted by molar-refractivity contribution is 9.09. The fourth-order valence-electron chi connectivity index (χ4n) is 3.73. The number of hydrogen-bond donors (Lipinski definition) is 2. The molecule has 3 nitrogen and oxygen atoms in total. The number of aromatic amines is 1. The van der Waals surface area contributed by atoms with Crippen molar-refractivity contribution in [3.05, 3.63) is 58.7 Å². The molecule has 1 heterocycles. The molecule has 0 saturated heterocycles. The molecule has 0 spiro atoms. The molecule has 2 N–H and O–H groups in total. The summed E-state index contributed by atoms with van der Waals surface area (Å²) < 4.78 is 9.26. The number of aromatic nitrogens is 1. The van der Waals surface area contributed by atoms with E-state index in [1.54, 1.807) is 11.9 Å². The minimum Gasteiger partial charge on any atom is -0.494 e. The van der Waals surface area contributed by atoms with Gasteiger partial charge in [0.15, 0.2) is 0 Å². The summed E-state index contributed by atoms with van der Waals surface area (Å²) >= 11 is 11.3. The monoisotopic (exact) mass is 478 g/mol. The van der Waals surface area contributed by atoms with Gasteiger partial charge in [-0.1, -0.05) is 27.5 Å². The third-order valence-electron chi connectivity index (χ3n) is 5.18. The summed E-state index contributed by atoms with van der Waals surface area (Å²) in [5.74, 6) is 1.58. The number of alkyl halides is 1. The lowest BCUT2D eigenvalue weighted by molar-refractivity contribution is 0.319. The number of halogens is 2. The molecule has 1 aliphatic rings. The van der Waals surface area contributed by atoms with Crippen molar-refractivity contribution >= 4 is 50.4 Å². The number of fused-ring (bicyclic) bond motifs is 3. The van der Waals surface area contributed by atoms with Crippen molar-refractivity contribution in [3.8, 4) is 5.75 Å². The topological polar surface area (TPSA) is 37.0 Å². The summed E-state index contributed by atoms with van der Waals surface area (Å²) in [5, 5.41) is 3.07. The third-order valence-corrected chi connectivity index (χ3v) is 6.80. The Bertz CT molecular complexity index is 928. The Morgan fingerprint density at radius 1 is 1.21 bits per heavy atom. The fraction of sp³-hybridized carbons (Fsp3) is 0.364. The number of rotatable bonds is 8. The average Bonchev–Trinajstić information content (AvgIpc) is 3.07. The summed E-state index contributed by atoms with van der Waals surface area (Å²) in [6, 6.07) is 14.5. The van der Waals surface area contributed by atoms with Crippen LogP contribution < -0.4 is 9.46 Å². The number of aryl methyl sites for hydroxylation is 1. The van der Waals surface area contributed by atoms with Crippen LogP contribution in [0, 0.1) is 5.92 Å². The summed E-state index contributed by atoms with van der Waals surface area (Å²) in [5.41, 5.74) is 4.04. The van der Waals surface area contributed by atoms with Crippen LogP contribution in [0.1, 0.15) is 24.1 Å².